The maximum Gasteiger partial charge on any atom is 0.0593 e. The molecule has 0 aromatic carbocycles. The minimum atomic E-state index is 0.908. The second-order valence-electron chi connectivity index (χ2n) is 6.00. The standard InChI is InChI=1S/C18H35NO/c1-2-3-4-5-6-7-8-9-13-17-20-18-16-19-14-11-10-12-15-19/h10-11H,2-9,12-18H2,1H3. The number of ether oxygens (including phenoxy) is 1. The molecule has 0 aromatic rings. The van der Waals surface area contributed by atoms with Gasteiger partial charge in [-0.25, -0.2) is 0 Å². The van der Waals surface area contributed by atoms with Gasteiger partial charge in [-0.3, -0.25) is 4.90 Å². The summed E-state index contributed by atoms with van der Waals surface area (Å²) in [6.07, 6.45) is 18.2. The van der Waals surface area contributed by atoms with Gasteiger partial charge in [-0.1, -0.05) is 70.4 Å². The van der Waals surface area contributed by atoms with Gasteiger partial charge >= 0.3 is 0 Å². The first-order chi connectivity index (χ1) is 9.93. The van der Waals surface area contributed by atoms with Crippen molar-refractivity contribution in [1.29, 1.82) is 0 Å². The Morgan fingerprint density at radius 3 is 2.20 bits per heavy atom. The van der Waals surface area contributed by atoms with Crippen LogP contribution < -0.4 is 0 Å². The highest BCUT2D eigenvalue weighted by Gasteiger charge is 2.04. The molecule has 1 aliphatic rings. The molecule has 0 fully saturated rings. The summed E-state index contributed by atoms with van der Waals surface area (Å²) in [6, 6.07) is 0. The maximum absolute atomic E-state index is 5.73. The van der Waals surface area contributed by atoms with Crippen LogP contribution >= 0.6 is 0 Å². The average molecular weight is 281 g/mol. The molecule has 20 heavy (non-hydrogen) atoms. The van der Waals surface area contributed by atoms with Crippen LogP contribution in [0.2, 0.25) is 0 Å². The Morgan fingerprint density at radius 2 is 1.55 bits per heavy atom. The molecule has 0 amide bonds. The Hall–Kier alpha value is -0.340. The Bertz CT molecular complexity index is 227. The van der Waals surface area contributed by atoms with E-state index in [1.165, 1.54) is 70.8 Å². The van der Waals surface area contributed by atoms with Crippen molar-refractivity contribution in [2.75, 3.05) is 32.8 Å². The van der Waals surface area contributed by atoms with Crippen LogP contribution in [0.15, 0.2) is 12.2 Å². The summed E-state index contributed by atoms with van der Waals surface area (Å²) in [5.41, 5.74) is 0. The molecule has 0 atom stereocenters. The maximum atomic E-state index is 5.73. The average Bonchev–Trinajstić information content (AvgIpc) is 2.49. The molecule has 1 heterocycles. The van der Waals surface area contributed by atoms with E-state index in [2.05, 4.69) is 24.0 Å². The minimum Gasteiger partial charge on any atom is -0.380 e. The van der Waals surface area contributed by atoms with E-state index >= 15 is 0 Å². The summed E-state index contributed by atoms with van der Waals surface area (Å²) >= 11 is 0. The Morgan fingerprint density at radius 1 is 0.850 bits per heavy atom. The summed E-state index contributed by atoms with van der Waals surface area (Å²) in [5.74, 6) is 0. The smallest absolute Gasteiger partial charge is 0.0593 e. The van der Waals surface area contributed by atoms with Crippen molar-refractivity contribution in [2.24, 2.45) is 0 Å². The van der Waals surface area contributed by atoms with Gasteiger partial charge in [0.05, 0.1) is 6.61 Å². The second-order valence-corrected chi connectivity index (χ2v) is 6.00. The van der Waals surface area contributed by atoms with Crippen molar-refractivity contribution in [2.45, 2.75) is 71.1 Å². The molecule has 2 nitrogen and oxygen atoms in total. The first kappa shape index (κ1) is 17.7. The summed E-state index contributed by atoms with van der Waals surface area (Å²) < 4.78 is 5.73. The third-order valence-corrected chi connectivity index (χ3v) is 4.09. The fraction of sp³-hybridized carbons (Fsp3) is 0.889. The molecule has 0 saturated heterocycles. The minimum absolute atomic E-state index is 0.908. The molecule has 0 saturated carbocycles. The summed E-state index contributed by atoms with van der Waals surface area (Å²) in [5, 5.41) is 0. The van der Waals surface area contributed by atoms with E-state index in [1.54, 1.807) is 0 Å². The molecule has 0 aromatic heterocycles. The van der Waals surface area contributed by atoms with E-state index < -0.39 is 0 Å². The largest absolute Gasteiger partial charge is 0.380 e. The molecule has 118 valence electrons. The van der Waals surface area contributed by atoms with E-state index in [9.17, 15) is 0 Å². The van der Waals surface area contributed by atoms with Gasteiger partial charge in [-0.05, 0) is 12.8 Å². The quantitative estimate of drug-likeness (QED) is 0.355. The predicted octanol–water partition coefficient (Wildman–Crippen LogP) is 4.80. The highest BCUT2D eigenvalue weighted by molar-refractivity contribution is 4.90. The number of hydrogen-bond donors (Lipinski definition) is 0. The topological polar surface area (TPSA) is 12.5 Å². The van der Waals surface area contributed by atoms with Gasteiger partial charge in [0.2, 0.25) is 0 Å². The molecule has 2 heteroatoms. The zero-order valence-electron chi connectivity index (χ0n) is 13.6. The fourth-order valence-electron chi connectivity index (χ4n) is 2.70. The second kappa shape index (κ2) is 13.6. The molecule has 0 bridgehead atoms. The summed E-state index contributed by atoms with van der Waals surface area (Å²) in [4.78, 5) is 2.47. The predicted molar refractivity (Wildman–Crippen MR) is 88.2 cm³/mol. The zero-order valence-corrected chi connectivity index (χ0v) is 13.6. The van der Waals surface area contributed by atoms with E-state index in [0.29, 0.717) is 0 Å². The normalized spacial score (nSPS) is 15.8. The molecule has 0 aliphatic carbocycles. The van der Waals surface area contributed by atoms with E-state index in [1.807, 2.05) is 0 Å². The first-order valence-electron chi connectivity index (χ1n) is 8.88. The lowest BCUT2D eigenvalue weighted by Gasteiger charge is -2.22. The number of unbranched alkanes of at least 4 members (excludes halogenated alkanes) is 8. The van der Waals surface area contributed by atoms with Crippen LogP contribution in [0.25, 0.3) is 0 Å². The third-order valence-electron chi connectivity index (χ3n) is 4.09. The highest BCUT2D eigenvalue weighted by atomic mass is 16.5. The molecular weight excluding hydrogens is 246 g/mol. The van der Waals surface area contributed by atoms with Crippen molar-refractivity contribution < 1.29 is 4.74 Å². The zero-order chi connectivity index (χ0) is 14.3. The van der Waals surface area contributed by atoms with Gasteiger partial charge in [0.25, 0.3) is 0 Å². The Balaban J connectivity index is 1.71. The van der Waals surface area contributed by atoms with Gasteiger partial charge in [-0.15, -0.1) is 0 Å². The molecule has 0 radical (unpaired) electrons. The van der Waals surface area contributed by atoms with E-state index in [4.69, 9.17) is 4.74 Å². The van der Waals surface area contributed by atoms with Gasteiger partial charge in [0.1, 0.15) is 0 Å². The van der Waals surface area contributed by atoms with Crippen molar-refractivity contribution in [3.63, 3.8) is 0 Å². The Labute approximate surface area is 126 Å². The van der Waals surface area contributed by atoms with Crippen LogP contribution in [0.1, 0.15) is 71.1 Å². The van der Waals surface area contributed by atoms with E-state index in [0.717, 1.165) is 26.3 Å². The molecule has 0 unspecified atom stereocenters. The van der Waals surface area contributed by atoms with Crippen molar-refractivity contribution in [3.8, 4) is 0 Å². The lowest BCUT2D eigenvalue weighted by Crippen LogP contribution is -2.30. The van der Waals surface area contributed by atoms with Crippen molar-refractivity contribution in [1.82, 2.24) is 4.90 Å². The fourth-order valence-corrected chi connectivity index (χ4v) is 2.70. The molecule has 0 N–H and O–H groups in total. The van der Waals surface area contributed by atoms with Gasteiger partial charge in [-0.2, -0.15) is 0 Å². The molecule has 1 rings (SSSR count). The van der Waals surface area contributed by atoms with Gasteiger partial charge in [0.15, 0.2) is 0 Å². The monoisotopic (exact) mass is 281 g/mol. The molecular formula is C18H35NO. The van der Waals surface area contributed by atoms with Crippen LogP contribution in [-0.4, -0.2) is 37.7 Å². The van der Waals surface area contributed by atoms with Crippen LogP contribution in [0.4, 0.5) is 0 Å². The SMILES string of the molecule is CCCCCCCCCCCOCCN1CC=CCC1. The van der Waals surface area contributed by atoms with Crippen molar-refractivity contribution >= 4 is 0 Å². The van der Waals surface area contributed by atoms with Crippen molar-refractivity contribution in [3.05, 3.63) is 12.2 Å². The Kier molecular flexibility index (Phi) is 12.1. The van der Waals surface area contributed by atoms with Gasteiger partial charge < -0.3 is 4.74 Å². The van der Waals surface area contributed by atoms with Gasteiger partial charge in [0, 0.05) is 26.2 Å². The number of rotatable bonds is 13. The summed E-state index contributed by atoms with van der Waals surface area (Å²) in [6.45, 7) is 7.56. The van der Waals surface area contributed by atoms with Crippen LogP contribution in [0, 0.1) is 0 Å². The lowest BCUT2D eigenvalue weighted by molar-refractivity contribution is 0.103. The lowest BCUT2D eigenvalue weighted by atomic mass is 10.1. The first-order valence-corrected chi connectivity index (χ1v) is 8.88. The molecule has 0 spiro atoms. The van der Waals surface area contributed by atoms with E-state index in [-0.39, 0.29) is 0 Å². The van der Waals surface area contributed by atoms with Crippen LogP contribution in [0.3, 0.4) is 0 Å². The number of hydrogen-bond acceptors (Lipinski definition) is 2. The third kappa shape index (κ3) is 10.4. The highest BCUT2D eigenvalue weighted by Crippen LogP contribution is 2.09. The van der Waals surface area contributed by atoms with Crippen LogP contribution in [0.5, 0.6) is 0 Å². The number of nitrogens with zero attached hydrogens (tertiary/aromatic N) is 1. The molecule has 1 aliphatic heterocycles. The summed E-state index contributed by atoms with van der Waals surface area (Å²) in [7, 11) is 0. The van der Waals surface area contributed by atoms with Crippen LogP contribution in [-0.2, 0) is 4.74 Å².